The third kappa shape index (κ3) is 3.40. The van der Waals surface area contributed by atoms with Crippen LogP contribution in [-0.4, -0.2) is 18.0 Å². The summed E-state index contributed by atoms with van der Waals surface area (Å²) < 4.78 is 0. The van der Waals surface area contributed by atoms with Gasteiger partial charge in [-0.2, -0.15) is 0 Å². The van der Waals surface area contributed by atoms with Gasteiger partial charge in [0.25, 0.3) is 0 Å². The maximum absolute atomic E-state index is 3.93. The van der Waals surface area contributed by atoms with Crippen molar-refractivity contribution in [3.05, 3.63) is 48.6 Å². The van der Waals surface area contributed by atoms with Crippen LogP contribution >= 0.6 is 12.4 Å². The first-order valence-corrected chi connectivity index (χ1v) is 7.25. The van der Waals surface area contributed by atoms with Crippen molar-refractivity contribution < 1.29 is 0 Å². The highest BCUT2D eigenvalue weighted by Gasteiger charge is 2.37. The number of halogens is 1. The van der Waals surface area contributed by atoms with Crippen molar-refractivity contribution in [3.8, 4) is 0 Å². The van der Waals surface area contributed by atoms with Gasteiger partial charge in [0.1, 0.15) is 0 Å². The molecule has 1 nitrogen and oxygen atoms in total. The third-order valence-corrected chi connectivity index (χ3v) is 4.33. The molecule has 0 unspecified atom stereocenters. The van der Waals surface area contributed by atoms with E-state index in [9.17, 15) is 0 Å². The molecule has 2 heteroatoms. The zero-order valence-corrected chi connectivity index (χ0v) is 12.8. The van der Waals surface area contributed by atoms with Crippen molar-refractivity contribution in [2.45, 2.75) is 44.6 Å². The van der Waals surface area contributed by atoms with E-state index in [0.717, 1.165) is 13.1 Å². The summed E-state index contributed by atoms with van der Waals surface area (Å²) >= 11 is 0. The van der Waals surface area contributed by atoms with Crippen LogP contribution in [-0.2, 0) is 5.54 Å². The third-order valence-electron chi connectivity index (χ3n) is 4.33. The molecule has 1 aromatic rings. The molecule has 0 bridgehead atoms. The molecule has 2 rings (SSSR count). The number of likely N-dealkylation sites (N-methyl/N-ethyl adjacent to an activating group) is 1. The van der Waals surface area contributed by atoms with Crippen LogP contribution in [0.5, 0.6) is 0 Å². The van der Waals surface area contributed by atoms with Gasteiger partial charge in [-0.1, -0.05) is 62.6 Å². The van der Waals surface area contributed by atoms with E-state index in [1.54, 1.807) is 0 Å². The van der Waals surface area contributed by atoms with Gasteiger partial charge in [0.15, 0.2) is 0 Å². The Morgan fingerprint density at radius 1 is 1.16 bits per heavy atom. The summed E-state index contributed by atoms with van der Waals surface area (Å²) in [5.41, 5.74) is 1.75. The van der Waals surface area contributed by atoms with Gasteiger partial charge >= 0.3 is 0 Å². The second kappa shape index (κ2) is 7.72. The summed E-state index contributed by atoms with van der Waals surface area (Å²) in [6.45, 7) is 8.28. The predicted octanol–water partition coefficient (Wildman–Crippen LogP) is 4.78. The number of rotatable bonds is 5. The number of hydrogen-bond donors (Lipinski definition) is 0. The van der Waals surface area contributed by atoms with Gasteiger partial charge in [-0.05, 0) is 24.9 Å². The molecular formula is C17H26ClN. The largest absolute Gasteiger partial charge is 0.290 e. The first-order valence-electron chi connectivity index (χ1n) is 7.25. The average Bonchev–Trinajstić information content (AvgIpc) is 2.46. The fourth-order valence-electron chi connectivity index (χ4n) is 3.43. The molecule has 0 heterocycles. The normalized spacial score (nSPS) is 17.8. The zero-order chi connectivity index (χ0) is 12.8. The van der Waals surface area contributed by atoms with Crippen LogP contribution < -0.4 is 0 Å². The minimum absolute atomic E-state index is 0. The summed E-state index contributed by atoms with van der Waals surface area (Å²) in [6, 6.07) is 11.1. The van der Waals surface area contributed by atoms with E-state index < -0.39 is 0 Å². The molecule has 1 aliphatic rings. The van der Waals surface area contributed by atoms with E-state index in [-0.39, 0.29) is 17.9 Å². The van der Waals surface area contributed by atoms with Crippen molar-refractivity contribution in [3.63, 3.8) is 0 Å². The standard InChI is InChI=1S/C17H25N.ClH/c1-3-15-18(4-2)17(13-9-6-10-14-17)16-11-7-5-8-12-16;/h3,5,7-8,11-12H,1,4,6,9-10,13-15H2,2H3;1H. The molecule has 19 heavy (non-hydrogen) atoms. The van der Waals surface area contributed by atoms with Crippen LogP contribution in [0.15, 0.2) is 43.0 Å². The number of hydrogen-bond acceptors (Lipinski definition) is 1. The van der Waals surface area contributed by atoms with Gasteiger partial charge in [-0.25, -0.2) is 0 Å². The molecule has 0 radical (unpaired) electrons. The first kappa shape index (κ1) is 16.3. The molecule has 106 valence electrons. The van der Waals surface area contributed by atoms with E-state index in [2.05, 4.69) is 48.7 Å². The molecule has 1 fully saturated rings. The molecule has 1 aromatic carbocycles. The molecule has 0 spiro atoms. The first-order chi connectivity index (χ1) is 8.83. The van der Waals surface area contributed by atoms with Gasteiger partial charge in [0.2, 0.25) is 0 Å². The highest BCUT2D eigenvalue weighted by Crippen LogP contribution is 2.42. The Bertz CT molecular complexity index is 368. The van der Waals surface area contributed by atoms with Crippen molar-refractivity contribution in [2.24, 2.45) is 0 Å². The smallest absolute Gasteiger partial charge is 0.0463 e. The Morgan fingerprint density at radius 2 is 1.79 bits per heavy atom. The van der Waals surface area contributed by atoms with Gasteiger partial charge in [-0.15, -0.1) is 19.0 Å². The molecule has 1 aliphatic carbocycles. The second-order valence-electron chi connectivity index (χ2n) is 5.29. The highest BCUT2D eigenvalue weighted by molar-refractivity contribution is 5.85. The van der Waals surface area contributed by atoms with Crippen molar-refractivity contribution in [1.29, 1.82) is 0 Å². The lowest BCUT2D eigenvalue weighted by Crippen LogP contribution is -2.47. The van der Waals surface area contributed by atoms with Crippen molar-refractivity contribution in [1.82, 2.24) is 4.90 Å². The Morgan fingerprint density at radius 3 is 2.32 bits per heavy atom. The van der Waals surface area contributed by atoms with Crippen LogP contribution in [0.2, 0.25) is 0 Å². The zero-order valence-electron chi connectivity index (χ0n) is 12.0. The van der Waals surface area contributed by atoms with E-state index in [1.165, 1.54) is 37.7 Å². The molecule has 0 atom stereocenters. The summed E-state index contributed by atoms with van der Waals surface area (Å²) in [7, 11) is 0. The molecule has 0 amide bonds. The topological polar surface area (TPSA) is 3.24 Å². The molecule has 0 aromatic heterocycles. The molecule has 0 N–H and O–H groups in total. The lowest BCUT2D eigenvalue weighted by atomic mass is 9.75. The SMILES string of the molecule is C=CCN(CC)C1(c2ccccc2)CCCCC1.Cl. The molecule has 1 saturated carbocycles. The van der Waals surface area contributed by atoms with Crippen molar-refractivity contribution >= 4 is 12.4 Å². The fourth-order valence-corrected chi connectivity index (χ4v) is 3.43. The lowest BCUT2D eigenvalue weighted by molar-refractivity contribution is 0.0630. The maximum atomic E-state index is 3.93. The lowest BCUT2D eigenvalue weighted by Gasteiger charge is -2.46. The summed E-state index contributed by atoms with van der Waals surface area (Å²) in [6.07, 6.45) is 8.71. The Balaban J connectivity index is 0.00000180. The van der Waals surface area contributed by atoms with E-state index in [1.807, 2.05) is 6.08 Å². The Hall–Kier alpha value is -0.790. The summed E-state index contributed by atoms with van der Waals surface area (Å²) in [4.78, 5) is 2.61. The van der Waals surface area contributed by atoms with Crippen LogP contribution in [0.1, 0.15) is 44.6 Å². The maximum Gasteiger partial charge on any atom is 0.0463 e. The van der Waals surface area contributed by atoms with Gasteiger partial charge in [0, 0.05) is 12.1 Å². The number of nitrogens with zero attached hydrogens (tertiary/aromatic N) is 1. The van der Waals surface area contributed by atoms with E-state index >= 15 is 0 Å². The van der Waals surface area contributed by atoms with Crippen LogP contribution in [0.4, 0.5) is 0 Å². The van der Waals surface area contributed by atoms with Crippen LogP contribution in [0, 0.1) is 0 Å². The average molecular weight is 280 g/mol. The molecular weight excluding hydrogens is 254 g/mol. The second-order valence-corrected chi connectivity index (χ2v) is 5.29. The van der Waals surface area contributed by atoms with Crippen molar-refractivity contribution in [2.75, 3.05) is 13.1 Å². The van der Waals surface area contributed by atoms with Gasteiger partial charge in [-0.3, -0.25) is 4.90 Å². The Kier molecular flexibility index (Phi) is 6.60. The van der Waals surface area contributed by atoms with E-state index in [0.29, 0.717) is 0 Å². The van der Waals surface area contributed by atoms with E-state index in [4.69, 9.17) is 0 Å². The summed E-state index contributed by atoms with van der Waals surface area (Å²) in [5, 5.41) is 0. The Labute approximate surface area is 124 Å². The minimum atomic E-state index is 0. The van der Waals surface area contributed by atoms with Gasteiger partial charge in [0.05, 0.1) is 0 Å². The minimum Gasteiger partial charge on any atom is -0.290 e. The van der Waals surface area contributed by atoms with Gasteiger partial charge < -0.3 is 0 Å². The highest BCUT2D eigenvalue weighted by atomic mass is 35.5. The van der Waals surface area contributed by atoms with Crippen LogP contribution in [0.3, 0.4) is 0 Å². The predicted molar refractivity (Wildman–Crippen MR) is 85.9 cm³/mol. The quantitative estimate of drug-likeness (QED) is 0.702. The fraction of sp³-hybridized carbons (Fsp3) is 0.529. The van der Waals surface area contributed by atoms with Crippen LogP contribution in [0.25, 0.3) is 0 Å². The molecule has 0 aliphatic heterocycles. The monoisotopic (exact) mass is 279 g/mol. The molecule has 0 saturated heterocycles. The summed E-state index contributed by atoms with van der Waals surface area (Å²) in [5.74, 6) is 0. The number of benzene rings is 1.